The lowest BCUT2D eigenvalue weighted by Crippen LogP contribution is -2.15. The van der Waals surface area contributed by atoms with E-state index in [4.69, 9.17) is 0 Å². The van der Waals surface area contributed by atoms with Crippen molar-refractivity contribution in [2.75, 3.05) is 0 Å². The summed E-state index contributed by atoms with van der Waals surface area (Å²) >= 11 is 0. The third-order valence-electron chi connectivity index (χ3n) is 12.9. The molecule has 0 saturated carbocycles. The van der Waals surface area contributed by atoms with Crippen LogP contribution in [0, 0.1) is 0 Å². The number of allylic oxidation sites excluding steroid dienone is 1. The molecule has 0 aromatic heterocycles. The number of benzene rings is 9. The molecule has 2 aliphatic carbocycles. The highest BCUT2D eigenvalue weighted by molar-refractivity contribution is 6.22. The molecular formula is C56H42. The lowest BCUT2D eigenvalue weighted by molar-refractivity contribution is 0.661. The highest BCUT2D eigenvalue weighted by Crippen LogP contribution is 2.52. The van der Waals surface area contributed by atoms with Crippen LogP contribution in [0.1, 0.15) is 55.4 Å². The second kappa shape index (κ2) is 12.5. The molecule has 0 aliphatic heterocycles. The van der Waals surface area contributed by atoms with Crippen LogP contribution in [0.15, 0.2) is 176 Å². The fourth-order valence-electron chi connectivity index (χ4n) is 9.99. The zero-order valence-corrected chi connectivity index (χ0v) is 32.1. The smallest absolute Gasteiger partial charge is 0.0159 e. The Bertz CT molecular complexity index is 3040. The van der Waals surface area contributed by atoms with E-state index in [1.165, 1.54) is 110 Å². The molecule has 0 bridgehead atoms. The SMILES string of the molecule is CC1CC=Cc2cc(-c3ccccc3-c3c4ccccc4c(-c4ccc5c(c4)C(C)(C)c4cc(-c6ccc7ccccc7c6)ccc4-5)c4ccccc34)ccc21. The minimum atomic E-state index is -0.153. The Balaban J connectivity index is 1.07. The normalized spacial score (nSPS) is 15.2. The summed E-state index contributed by atoms with van der Waals surface area (Å²) in [6, 6.07) is 64.0. The molecule has 0 amide bonds. The van der Waals surface area contributed by atoms with Crippen LogP contribution in [-0.2, 0) is 5.41 Å². The molecule has 0 fully saturated rings. The van der Waals surface area contributed by atoms with Crippen molar-refractivity contribution in [2.45, 2.75) is 38.5 Å². The summed E-state index contributed by atoms with van der Waals surface area (Å²) in [6.07, 6.45) is 5.74. The molecule has 0 heteroatoms. The van der Waals surface area contributed by atoms with Crippen molar-refractivity contribution < 1.29 is 0 Å². The van der Waals surface area contributed by atoms with Crippen LogP contribution < -0.4 is 0 Å². The molecule has 0 saturated heterocycles. The number of fused-ring (bicyclic) bond motifs is 7. The molecule has 0 nitrogen and oxygen atoms in total. The lowest BCUT2D eigenvalue weighted by atomic mass is 9.79. The van der Waals surface area contributed by atoms with Crippen LogP contribution in [0.25, 0.3) is 94.0 Å². The number of hydrogen-bond acceptors (Lipinski definition) is 0. The summed E-state index contributed by atoms with van der Waals surface area (Å²) < 4.78 is 0. The van der Waals surface area contributed by atoms with Gasteiger partial charge in [0.1, 0.15) is 0 Å². The molecule has 2 aliphatic rings. The molecule has 11 rings (SSSR count). The fourth-order valence-corrected chi connectivity index (χ4v) is 9.99. The van der Waals surface area contributed by atoms with E-state index >= 15 is 0 Å². The quantitative estimate of drug-likeness (QED) is 0.159. The van der Waals surface area contributed by atoms with E-state index in [0.29, 0.717) is 5.92 Å². The van der Waals surface area contributed by atoms with Gasteiger partial charge in [0, 0.05) is 5.41 Å². The van der Waals surface area contributed by atoms with Crippen molar-refractivity contribution in [3.05, 3.63) is 198 Å². The van der Waals surface area contributed by atoms with Gasteiger partial charge >= 0.3 is 0 Å². The van der Waals surface area contributed by atoms with Crippen molar-refractivity contribution in [1.29, 1.82) is 0 Å². The molecule has 9 aromatic carbocycles. The zero-order chi connectivity index (χ0) is 37.5. The molecule has 1 unspecified atom stereocenters. The van der Waals surface area contributed by atoms with Crippen LogP contribution in [0.3, 0.4) is 0 Å². The largest absolute Gasteiger partial charge is 0.0833 e. The molecule has 56 heavy (non-hydrogen) atoms. The van der Waals surface area contributed by atoms with E-state index in [1.807, 2.05) is 0 Å². The van der Waals surface area contributed by atoms with E-state index in [-0.39, 0.29) is 5.41 Å². The molecule has 0 spiro atoms. The van der Waals surface area contributed by atoms with E-state index in [1.54, 1.807) is 0 Å². The van der Waals surface area contributed by atoms with Gasteiger partial charge in [-0.3, -0.25) is 0 Å². The van der Waals surface area contributed by atoms with Gasteiger partial charge in [-0.25, -0.2) is 0 Å². The average Bonchev–Trinajstić information content (AvgIpc) is 3.47. The van der Waals surface area contributed by atoms with Gasteiger partial charge in [0.2, 0.25) is 0 Å². The summed E-state index contributed by atoms with van der Waals surface area (Å²) in [4.78, 5) is 0. The fraction of sp³-hybridized carbons (Fsp3) is 0.107. The minimum absolute atomic E-state index is 0.153. The number of hydrogen-bond donors (Lipinski definition) is 0. The maximum Gasteiger partial charge on any atom is 0.0159 e. The van der Waals surface area contributed by atoms with Gasteiger partial charge in [-0.2, -0.15) is 0 Å². The maximum absolute atomic E-state index is 2.49. The standard InChI is InChI=1S/C56H42/c1-35-13-12-16-40-32-41(26-28-43(35)40)44-17-6-7-18-47(44)55-50-21-10-8-19-48(50)54(49-20-9-11-22-51(49)55)42-27-30-46-45-29-25-39(33-52(45)56(2,3)53(46)34-42)38-24-23-36-14-4-5-15-37(36)31-38/h4-12,14-35H,13H2,1-3H3. The third-order valence-corrected chi connectivity index (χ3v) is 12.9. The van der Waals surface area contributed by atoms with Crippen LogP contribution in [-0.4, -0.2) is 0 Å². The monoisotopic (exact) mass is 714 g/mol. The van der Waals surface area contributed by atoms with Gasteiger partial charge in [-0.05, 0) is 147 Å². The Morgan fingerprint density at radius 3 is 1.68 bits per heavy atom. The Labute approximate surface area is 329 Å². The topological polar surface area (TPSA) is 0 Å². The van der Waals surface area contributed by atoms with Crippen molar-refractivity contribution in [3.8, 4) is 55.6 Å². The van der Waals surface area contributed by atoms with Gasteiger partial charge < -0.3 is 0 Å². The van der Waals surface area contributed by atoms with Crippen molar-refractivity contribution in [3.63, 3.8) is 0 Å². The van der Waals surface area contributed by atoms with Crippen LogP contribution in [0.5, 0.6) is 0 Å². The van der Waals surface area contributed by atoms with Crippen LogP contribution >= 0.6 is 0 Å². The molecule has 0 heterocycles. The molecule has 9 aromatic rings. The van der Waals surface area contributed by atoms with E-state index in [0.717, 1.165) is 6.42 Å². The first-order valence-corrected chi connectivity index (χ1v) is 20.1. The molecule has 266 valence electrons. The van der Waals surface area contributed by atoms with E-state index in [2.05, 4.69) is 203 Å². The zero-order valence-electron chi connectivity index (χ0n) is 32.1. The molecule has 0 radical (unpaired) electrons. The van der Waals surface area contributed by atoms with Crippen molar-refractivity contribution >= 4 is 38.4 Å². The summed E-state index contributed by atoms with van der Waals surface area (Å²) in [6.45, 7) is 7.14. The summed E-state index contributed by atoms with van der Waals surface area (Å²) in [5.74, 6) is 0.548. The predicted molar refractivity (Wildman–Crippen MR) is 240 cm³/mol. The summed E-state index contributed by atoms with van der Waals surface area (Å²) in [7, 11) is 0. The summed E-state index contributed by atoms with van der Waals surface area (Å²) in [5.41, 5.74) is 18.3. The van der Waals surface area contributed by atoms with Crippen LogP contribution in [0.2, 0.25) is 0 Å². The molecular weight excluding hydrogens is 673 g/mol. The van der Waals surface area contributed by atoms with Gasteiger partial charge in [0.25, 0.3) is 0 Å². The van der Waals surface area contributed by atoms with E-state index < -0.39 is 0 Å². The van der Waals surface area contributed by atoms with E-state index in [9.17, 15) is 0 Å². The first-order valence-electron chi connectivity index (χ1n) is 20.1. The highest BCUT2D eigenvalue weighted by atomic mass is 14.4. The highest BCUT2D eigenvalue weighted by Gasteiger charge is 2.36. The minimum Gasteiger partial charge on any atom is -0.0833 e. The summed E-state index contributed by atoms with van der Waals surface area (Å²) in [5, 5.41) is 7.68. The first kappa shape index (κ1) is 32.9. The molecule has 1 atom stereocenters. The maximum atomic E-state index is 2.49. The second-order valence-electron chi connectivity index (χ2n) is 16.5. The third kappa shape index (κ3) is 4.99. The van der Waals surface area contributed by atoms with Gasteiger partial charge in [-0.15, -0.1) is 0 Å². The second-order valence-corrected chi connectivity index (χ2v) is 16.5. The van der Waals surface area contributed by atoms with Crippen molar-refractivity contribution in [2.24, 2.45) is 0 Å². The predicted octanol–water partition coefficient (Wildman–Crippen LogP) is 15.6. The number of rotatable bonds is 4. The Morgan fingerprint density at radius 1 is 0.429 bits per heavy atom. The lowest BCUT2D eigenvalue weighted by Gasteiger charge is -2.24. The Morgan fingerprint density at radius 2 is 0.964 bits per heavy atom. The van der Waals surface area contributed by atoms with Gasteiger partial charge in [0.05, 0.1) is 0 Å². The first-order chi connectivity index (χ1) is 27.4. The van der Waals surface area contributed by atoms with Crippen LogP contribution in [0.4, 0.5) is 0 Å². The Kier molecular flexibility index (Phi) is 7.35. The van der Waals surface area contributed by atoms with Gasteiger partial charge in [0.15, 0.2) is 0 Å². The molecule has 0 N–H and O–H groups in total. The van der Waals surface area contributed by atoms with Gasteiger partial charge in [-0.1, -0.05) is 179 Å². The Hall–Kier alpha value is -6.50. The average molecular weight is 715 g/mol. The van der Waals surface area contributed by atoms with Crippen molar-refractivity contribution in [1.82, 2.24) is 0 Å².